The van der Waals surface area contributed by atoms with E-state index in [0.29, 0.717) is 30.2 Å². The summed E-state index contributed by atoms with van der Waals surface area (Å²) in [5.41, 5.74) is 3.58. The lowest BCUT2D eigenvalue weighted by atomic mass is 9.74. The topological polar surface area (TPSA) is 36.1 Å². The normalized spacial score (nSPS) is 29.6. The maximum Gasteiger partial charge on any atom is 0.222 e. The van der Waals surface area contributed by atoms with Crippen LogP contribution >= 0.6 is 23.2 Å². The van der Waals surface area contributed by atoms with Crippen molar-refractivity contribution in [1.82, 2.24) is 9.88 Å². The number of H-pyrrole nitrogens is 1. The largest absolute Gasteiger partial charge is 0.357 e. The van der Waals surface area contributed by atoms with E-state index < -0.39 is 0 Å². The molecular weight excluding hydrogens is 331 g/mol. The van der Waals surface area contributed by atoms with Crippen LogP contribution in [-0.2, 0) is 11.2 Å². The van der Waals surface area contributed by atoms with Crippen LogP contribution in [0.3, 0.4) is 0 Å². The third kappa shape index (κ3) is 1.87. The Hall–Kier alpha value is -1.19. The highest BCUT2D eigenvalue weighted by Gasteiger charge is 2.48. The zero-order chi connectivity index (χ0) is 15.7. The monoisotopic (exact) mass is 348 g/mol. The second-order valence-electron chi connectivity index (χ2n) is 7.13. The number of aromatic amines is 1. The van der Waals surface area contributed by atoms with E-state index in [1.165, 1.54) is 11.3 Å². The molecule has 2 saturated heterocycles. The van der Waals surface area contributed by atoms with Crippen molar-refractivity contribution in [2.45, 2.75) is 44.1 Å². The summed E-state index contributed by atoms with van der Waals surface area (Å²) in [6.07, 6.45) is 4.90. The van der Waals surface area contributed by atoms with Gasteiger partial charge in [0.2, 0.25) is 5.91 Å². The molecule has 120 valence electrons. The molecule has 0 unspecified atom stereocenters. The average molecular weight is 349 g/mol. The van der Waals surface area contributed by atoms with E-state index in [1.54, 1.807) is 0 Å². The Morgan fingerprint density at radius 1 is 1.17 bits per heavy atom. The van der Waals surface area contributed by atoms with Crippen molar-refractivity contribution in [3.8, 4) is 0 Å². The second kappa shape index (κ2) is 4.90. The summed E-state index contributed by atoms with van der Waals surface area (Å²) < 4.78 is 0. The molecule has 0 bridgehead atoms. The molecular formula is C18H18Cl2N2O. The number of halogens is 2. The Kier molecular flexibility index (Phi) is 3.02. The van der Waals surface area contributed by atoms with Crippen LogP contribution in [0, 0.1) is 5.92 Å². The first-order chi connectivity index (χ1) is 11.1. The minimum atomic E-state index is 0.340. The zero-order valence-electron chi connectivity index (χ0n) is 12.7. The van der Waals surface area contributed by atoms with Gasteiger partial charge in [-0.1, -0.05) is 23.2 Å². The molecule has 5 rings (SSSR count). The number of nitrogens with zero attached hydrogens (tertiary/aromatic N) is 1. The molecule has 1 N–H and O–H groups in total. The maximum atomic E-state index is 12.4. The molecule has 2 aliphatic heterocycles. The van der Waals surface area contributed by atoms with Gasteiger partial charge < -0.3 is 9.88 Å². The van der Waals surface area contributed by atoms with E-state index in [9.17, 15) is 4.79 Å². The van der Waals surface area contributed by atoms with Crippen molar-refractivity contribution < 1.29 is 4.79 Å². The van der Waals surface area contributed by atoms with Crippen molar-refractivity contribution in [1.29, 1.82) is 0 Å². The first-order valence-electron chi connectivity index (χ1n) is 8.43. The fourth-order valence-electron chi connectivity index (χ4n) is 5.20. The van der Waals surface area contributed by atoms with Gasteiger partial charge in [0.15, 0.2) is 0 Å². The van der Waals surface area contributed by atoms with Crippen molar-refractivity contribution in [2.24, 2.45) is 5.92 Å². The van der Waals surface area contributed by atoms with Gasteiger partial charge in [-0.15, -0.1) is 0 Å². The van der Waals surface area contributed by atoms with Gasteiger partial charge in [-0.2, -0.15) is 0 Å². The summed E-state index contributed by atoms with van der Waals surface area (Å²) >= 11 is 12.9. The van der Waals surface area contributed by atoms with Crippen LogP contribution in [0.15, 0.2) is 12.1 Å². The van der Waals surface area contributed by atoms with Crippen molar-refractivity contribution in [3.63, 3.8) is 0 Å². The molecule has 1 aromatic heterocycles. The minimum Gasteiger partial charge on any atom is -0.357 e. The standard InChI is InChI=1S/C18H18Cl2N2O/c19-11-4-5-12(20)17-16(11)15-10-6-7-22-14(23)3-1-2-9(18(10)22)8-13(15)21-17/h4-5,9-10,18,21H,1-3,6-8H2/t9-,10+,18-/m1/s1. The van der Waals surface area contributed by atoms with Crippen LogP contribution in [0.25, 0.3) is 10.9 Å². The van der Waals surface area contributed by atoms with Crippen molar-refractivity contribution in [2.75, 3.05) is 6.54 Å². The molecule has 23 heavy (non-hydrogen) atoms. The Balaban J connectivity index is 1.74. The SMILES string of the molecule is O=C1CCC[C@@H]2Cc3[nH]c4c(Cl)ccc(Cl)c4c3[C@@H]3CCN1[C@H]23. The maximum absolute atomic E-state index is 12.4. The molecule has 3 atom stereocenters. The molecule has 1 aromatic carbocycles. The van der Waals surface area contributed by atoms with E-state index in [4.69, 9.17) is 23.2 Å². The highest BCUT2D eigenvalue weighted by Crippen LogP contribution is 2.51. The third-order valence-electron chi connectivity index (χ3n) is 6.03. The van der Waals surface area contributed by atoms with Crippen LogP contribution < -0.4 is 0 Å². The van der Waals surface area contributed by atoms with E-state index in [2.05, 4.69) is 9.88 Å². The average Bonchev–Trinajstić information content (AvgIpc) is 3.08. The molecule has 2 fully saturated rings. The van der Waals surface area contributed by atoms with Crippen LogP contribution in [0.5, 0.6) is 0 Å². The number of rotatable bonds is 0. The summed E-state index contributed by atoms with van der Waals surface area (Å²) in [6, 6.07) is 4.10. The van der Waals surface area contributed by atoms with Crippen LogP contribution in [0.1, 0.15) is 42.9 Å². The van der Waals surface area contributed by atoms with Gasteiger partial charge in [-0.3, -0.25) is 4.79 Å². The molecule has 1 amide bonds. The third-order valence-corrected chi connectivity index (χ3v) is 6.66. The van der Waals surface area contributed by atoms with E-state index in [0.717, 1.165) is 53.2 Å². The lowest BCUT2D eigenvalue weighted by Crippen LogP contribution is -2.43. The Morgan fingerprint density at radius 3 is 2.87 bits per heavy atom. The molecule has 0 radical (unpaired) electrons. The zero-order valence-corrected chi connectivity index (χ0v) is 14.3. The van der Waals surface area contributed by atoms with Gasteiger partial charge in [-0.05, 0) is 49.3 Å². The van der Waals surface area contributed by atoms with Crippen LogP contribution in [0.2, 0.25) is 10.0 Å². The van der Waals surface area contributed by atoms with Gasteiger partial charge in [0.05, 0.1) is 15.6 Å². The van der Waals surface area contributed by atoms with Crippen LogP contribution in [0.4, 0.5) is 0 Å². The van der Waals surface area contributed by atoms with Crippen molar-refractivity contribution in [3.05, 3.63) is 33.4 Å². The number of hydrogen-bond acceptors (Lipinski definition) is 1. The van der Waals surface area contributed by atoms with E-state index in [-0.39, 0.29) is 0 Å². The number of benzene rings is 1. The fourth-order valence-corrected chi connectivity index (χ4v) is 5.66. The second-order valence-corrected chi connectivity index (χ2v) is 7.94. The number of aromatic nitrogens is 1. The summed E-state index contributed by atoms with van der Waals surface area (Å²) in [5, 5.41) is 2.57. The molecule has 3 heterocycles. The fraction of sp³-hybridized carbons (Fsp3) is 0.500. The van der Waals surface area contributed by atoms with Gasteiger partial charge in [0, 0.05) is 36.0 Å². The summed E-state index contributed by atoms with van der Waals surface area (Å²) in [5.74, 6) is 1.30. The molecule has 0 spiro atoms. The van der Waals surface area contributed by atoms with Crippen LogP contribution in [-0.4, -0.2) is 28.4 Å². The molecule has 1 aliphatic carbocycles. The minimum absolute atomic E-state index is 0.340. The Labute approximate surface area is 144 Å². The number of fused-ring (bicyclic) bond motifs is 4. The highest BCUT2D eigenvalue weighted by molar-refractivity contribution is 6.40. The molecule has 3 aliphatic rings. The first kappa shape index (κ1) is 14.2. The van der Waals surface area contributed by atoms with Crippen molar-refractivity contribution >= 4 is 40.0 Å². The lowest BCUT2D eigenvalue weighted by Gasteiger charge is -2.37. The van der Waals surface area contributed by atoms with Gasteiger partial charge in [0.1, 0.15) is 0 Å². The number of amides is 1. The quantitative estimate of drug-likeness (QED) is 0.746. The van der Waals surface area contributed by atoms with E-state index in [1.807, 2.05) is 12.1 Å². The van der Waals surface area contributed by atoms with Gasteiger partial charge in [-0.25, -0.2) is 0 Å². The first-order valence-corrected chi connectivity index (χ1v) is 9.18. The predicted octanol–water partition coefficient (Wildman–Crippen LogP) is 4.52. The number of hydrogen-bond donors (Lipinski definition) is 1. The van der Waals surface area contributed by atoms with E-state index >= 15 is 0 Å². The summed E-state index contributed by atoms with van der Waals surface area (Å²) in [7, 11) is 0. The summed E-state index contributed by atoms with van der Waals surface area (Å²) in [4.78, 5) is 18.1. The molecule has 5 heteroatoms. The number of nitrogens with one attached hydrogen (secondary N) is 1. The predicted molar refractivity (Wildman–Crippen MR) is 92.2 cm³/mol. The Bertz CT molecular complexity index is 828. The smallest absolute Gasteiger partial charge is 0.222 e. The Morgan fingerprint density at radius 2 is 2.00 bits per heavy atom. The van der Waals surface area contributed by atoms with Gasteiger partial charge >= 0.3 is 0 Å². The highest BCUT2D eigenvalue weighted by atomic mass is 35.5. The summed E-state index contributed by atoms with van der Waals surface area (Å²) in [6.45, 7) is 0.884. The molecule has 0 saturated carbocycles. The number of carbonyl (C=O) groups excluding carboxylic acids is 1. The number of carbonyl (C=O) groups is 1. The lowest BCUT2D eigenvalue weighted by molar-refractivity contribution is -0.132. The van der Waals surface area contributed by atoms with Gasteiger partial charge in [0.25, 0.3) is 0 Å². The molecule has 3 nitrogen and oxygen atoms in total. The molecule has 2 aromatic rings.